The molecule has 0 aliphatic carbocycles. The van der Waals surface area contributed by atoms with E-state index in [4.69, 9.17) is 0 Å². The van der Waals surface area contributed by atoms with Crippen LogP contribution in [0.3, 0.4) is 0 Å². The highest BCUT2D eigenvalue weighted by atomic mass is 16.2. The van der Waals surface area contributed by atoms with Gasteiger partial charge in [0.25, 0.3) is 5.91 Å². The minimum Gasteiger partial charge on any atom is -0.366 e. The Morgan fingerprint density at radius 2 is 1.68 bits per heavy atom. The minimum atomic E-state index is -0.349. The van der Waals surface area contributed by atoms with Crippen molar-refractivity contribution < 1.29 is 9.59 Å². The van der Waals surface area contributed by atoms with Gasteiger partial charge in [-0.25, -0.2) is 4.79 Å². The zero-order valence-corrected chi connectivity index (χ0v) is 20.0. The zero-order valence-electron chi connectivity index (χ0n) is 20.0. The van der Waals surface area contributed by atoms with Gasteiger partial charge >= 0.3 is 6.03 Å². The van der Waals surface area contributed by atoms with E-state index in [-0.39, 0.29) is 18.0 Å². The van der Waals surface area contributed by atoms with Crippen molar-refractivity contribution in [1.29, 1.82) is 0 Å². The third-order valence-corrected chi connectivity index (χ3v) is 6.24. The van der Waals surface area contributed by atoms with Gasteiger partial charge in [-0.15, -0.1) is 0 Å². The normalized spacial score (nSPS) is 13.6. The maximum absolute atomic E-state index is 13.2. The molecule has 6 heteroatoms. The van der Waals surface area contributed by atoms with Gasteiger partial charge in [0.2, 0.25) is 0 Å². The first kappa shape index (κ1) is 23.4. The van der Waals surface area contributed by atoms with Crippen LogP contribution in [-0.4, -0.2) is 24.5 Å². The second kappa shape index (κ2) is 10.4. The molecular weight excluding hydrogens is 424 g/mol. The highest BCUT2D eigenvalue weighted by molar-refractivity contribution is 6.04. The second-order valence-corrected chi connectivity index (χ2v) is 8.90. The van der Waals surface area contributed by atoms with Gasteiger partial charge < -0.3 is 20.9 Å². The molecule has 1 unspecified atom stereocenters. The van der Waals surface area contributed by atoms with Crippen LogP contribution in [-0.2, 0) is 13.0 Å². The smallest absolute Gasteiger partial charge is 0.323 e. The summed E-state index contributed by atoms with van der Waals surface area (Å²) in [6.45, 7) is 7.60. The standard InChI is InChI=1S/C28H32N4O2/c1-4-20(3)29-27(33)25-17-24(31-28(34)30-23-11-7-8-19(2)16-23)12-13-26(25)32-15-14-21-9-5-6-10-22(21)18-32/h5-13,16-17,20H,4,14-15,18H2,1-3H3,(H,29,33)(H2,30,31,34). The van der Waals surface area contributed by atoms with Gasteiger partial charge in [0.05, 0.1) is 5.56 Å². The molecule has 3 N–H and O–H groups in total. The highest BCUT2D eigenvalue weighted by Crippen LogP contribution is 2.30. The second-order valence-electron chi connectivity index (χ2n) is 8.90. The fraction of sp³-hybridized carbons (Fsp3) is 0.286. The molecule has 1 aliphatic heterocycles. The van der Waals surface area contributed by atoms with Crippen LogP contribution in [0.25, 0.3) is 0 Å². The SMILES string of the molecule is CCC(C)NC(=O)c1cc(NC(=O)Nc2cccc(C)c2)ccc1N1CCc2ccccc2C1. The van der Waals surface area contributed by atoms with Crippen LogP contribution in [0.15, 0.2) is 66.7 Å². The average molecular weight is 457 g/mol. The molecule has 0 radical (unpaired) electrons. The number of rotatable bonds is 6. The molecular formula is C28H32N4O2. The Morgan fingerprint density at radius 3 is 2.41 bits per heavy atom. The molecule has 34 heavy (non-hydrogen) atoms. The zero-order chi connectivity index (χ0) is 24.1. The Balaban J connectivity index is 1.58. The fourth-order valence-electron chi connectivity index (χ4n) is 4.19. The van der Waals surface area contributed by atoms with Crippen molar-refractivity contribution in [2.24, 2.45) is 0 Å². The van der Waals surface area contributed by atoms with Crippen molar-refractivity contribution in [3.63, 3.8) is 0 Å². The lowest BCUT2D eigenvalue weighted by molar-refractivity contribution is 0.0939. The lowest BCUT2D eigenvalue weighted by Gasteiger charge is -2.32. The molecule has 0 aromatic heterocycles. The number of carbonyl (C=O) groups excluding carboxylic acids is 2. The van der Waals surface area contributed by atoms with Crippen LogP contribution < -0.4 is 20.9 Å². The van der Waals surface area contributed by atoms with Crippen molar-refractivity contribution >= 4 is 29.0 Å². The molecule has 0 fully saturated rings. The third-order valence-electron chi connectivity index (χ3n) is 6.24. The first-order chi connectivity index (χ1) is 16.4. The quantitative estimate of drug-likeness (QED) is 0.443. The lowest BCUT2D eigenvalue weighted by atomic mass is 9.98. The van der Waals surface area contributed by atoms with Gasteiger partial charge in [-0.2, -0.15) is 0 Å². The summed E-state index contributed by atoms with van der Waals surface area (Å²) in [5.74, 6) is -0.133. The number of aryl methyl sites for hydroxylation is 1. The van der Waals surface area contributed by atoms with E-state index in [9.17, 15) is 9.59 Å². The van der Waals surface area contributed by atoms with Crippen LogP contribution in [0.4, 0.5) is 21.9 Å². The maximum Gasteiger partial charge on any atom is 0.323 e. The first-order valence-electron chi connectivity index (χ1n) is 11.8. The molecule has 176 valence electrons. The number of amides is 3. The summed E-state index contributed by atoms with van der Waals surface area (Å²) in [5.41, 5.74) is 6.43. The Bertz CT molecular complexity index is 1190. The van der Waals surface area contributed by atoms with E-state index in [0.29, 0.717) is 11.3 Å². The molecule has 0 saturated carbocycles. The Kier molecular flexibility index (Phi) is 7.16. The molecule has 4 rings (SSSR count). The highest BCUT2D eigenvalue weighted by Gasteiger charge is 2.22. The summed E-state index contributed by atoms with van der Waals surface area (Å²) < 4.78 is 0. The number of nitrogens with one attached hydrogen (secondary N) is 3. The summed E-state index contributed by atoms with van der Waals surface area (Å²) in [6.07, 6.45) is 1.77. The molecule has 3 aromatic carbocycles. The van der Waals surface area contributed by atoms with E-state index >= 15 is 0 Å². The number of hydrogen-bond donors (Lipinski definition) is 3. The number of nitrogens with zero attached hydrogens (tertiary/aromatic N) is 1. The topological polar surface area (TPSA) is 73.5 Å². The Hall–Kier alpha value is -3.80. The van der Waals surface area contributed by atoms with Crippen LogP contribution >= 0.6 is 0 Å². The van der Waals surface area contributed by atoms with Crippen molar-refractivity contribution in [3.05, 3.63) is 89.0 Å². The van der Waals surface area contributed by atoms with E-state index in [1.54, 1.807) is 6.07 Å². The predicted molar refractivity (Wildman–Crippen MR) is 139 cm³/mol. The molecule has 0 spiro atoms. The van der Waals surface area contributed by atoms with Gasteiger partial charge in [0.15, 0.2) is 0 Å². The summed E-state index contributed by atoms with van der Waals surface area (Å²) in [4.78, 5) is 28.1. The van der Waals surface area contributed by atoms with Gasteiger partial charge in [0, 0.05) is 36.2 Å². The van der Waals surface area contributed by atoms with Crippen LogP contribution in [0.5, 0.6) is 0 Å². The van der Waals surface area contributed by atoms with Crippen LogP contribution in [0, 0.1) is 6.92 Å². The number of carbonyl (C=O) groups is 2. The third kappa shape index (κ3) is 5.57. The number of urea groups is 1. The van der Waals surface area contributed by atoms with Crippen molar-refractivity contribution in [2.75, 3.05) is 22.1 Å². The molecule has 1 atom stereocenters. The van der Waals surface area contributed by atoms with Gasteiger partial charge in [0.1, 0.15) is 0 Å². The van der Waals surface area contributed by atoms with Gasteiger partial charge in [-0.3, -0.25) is 4.79 Å². The monoisotopic (exact) mass is 456 g/mol. The molecule has 0 saturated heterocycles. The minimum absolute atomic E-state index is 0.0590. The summed E-state index contributed by atoms with van der Waals surface area (Å²) in [7, 11) is 0. The average Bonchev–Trinajstić information content (AvgIpc) is 2.83. The van der Waals surface area contributed by atoms with Gasteiger partial charge in [-0.05, 0) is 73.7 Å². The van der Waals surface area contributed by atoms with E-state index < -0.39 is 0 Å². The number of benzene rings is 3. The van der Waals surface area contributed by atoms with E-state index in [0.717, 1.165) is 42.9 Å². The van der Waals surface area contributed by atoms with Crippen LogP contribution in [0.1, 0.15) is 47.3 Å². The van der Waals surface area contributed by atoms with E-state index in [2.05, 4.69) is 45.1 Å². The van der Waals surface area contributed by atoms with Gasteiger partial charge in [-0.1, -0.05) is 43.3 Å². The lowest BCUT2D eigenvalue weighted by Crippen LogP contribution is -2.36. The molecule has 3 aromatic rings. The first-order valence-corrected chi connectivity index (χ1v) is 11.8. The summed E-state index contributed by atoms with van der Waals surface area (Å²) in [6, 6.07) is 21.3. The molecule has 0 bridgehead atoms. The fourth-order valence-corrected chi connectivity index (χ4v) is 4.19. The number of fused-ring (bicyclic) bond motifs is 1. The van der Waals surface area contributed by atoms with Crippen molar-refractivity contribution in [3.8, 4) is 0 Å². The number of anilines is 3. The Morgan fingerprint density at radius 1 is 0.941 bits per heavy atom. The molecule has 1 aliphatic rings. The maximum atomic E-state index is 13.2. The van der Waals surface area contributed by atoms with Crippen molar-refractivity contribution in [2.45, 2.75) is 46.2 Å². The molecule has 1 heterocycles. The summed E-state index contributed by atoms with van der Waals surface area (Å²) >= 11 is 0. The summed E-state index contributed by atoms with van der Waals surface area (Å²) in [5, 5.41) is 8.80. The largest absolute Gasteiger partial charge is 0.366 e. The predicted octanol–water partition coefficient (Wildman–Crippen LogP) is 5.73. The molecule has 3 amide bonds. The Labute approximate surface area is 201 Å². The number of hydrogen-bond acceptors (Lipinski definition) is 3. The van der Waals surface area contributed by atoms with Crippen LogP contribution in [0.2, 0.25) is 0 Å². The van der Waals surface area contributed by atoms with E-state index in [1.807, 2.05) is 57.2 Å². The molecule has 6 nitrogen and oxygen atoms in total. The van der Waals surface area contributed by atoms with Crippen molar-refractivity contribution in [1.82, 2.24) is 5.32 Å². The van der Waals surface area contributed by atoms with E-state index in [1.165, 1.54) is 11.1 Å².